The van der Waals surface area contributed by atoms with Crippen LogP contribution in [0.5, 0.6) is 0 Å². The van der Waals surface area contributed by atoms with Gasteiger partial charge in [0.2, 0.25) is 0 Å². The smallest absolute Gasteiger partial charge is 0.143 e. The van der Waals surface area contributed by atoms with Crippen molar-refractivity contribution in [3.8, 4) is 0 Å². The van der Waals surface area contributed by atoms with Gasteiger partial charge in [0.15, 0.2) is 0 Å². The molecule has 0 fully saturated rings. The monoisotopic (exact) mass is 298 g/mol. The van der Waals surface area contributed by atoms with Crippen LogP contribution in [-0.4, -0.2) is 10.9 Å². The average molecular weight is 299 g/mol. The van der Waals surface area contributed by atoms with Crippen molar-refractivity contribution in [3.05, 3.63) is 51.3 Å². The van der Waals surface area contributed by atoms with Gasteiger partial charge in [-0.05, 0) is 26.0 Å². The largest absolute Gasteiger partial charge is 0.391 e. The highest BCUT2D eigenvalue weighted by atomic mass is 35.5. The molecule has 0 spiro atoms. The van der Waals surface area contributed by atoms with Gasteiger partial charge < -0.3 is 9.36 Å². The molecule has 0 radical (unpaired) electrons. The molecule has 0 bridgehead atoms. The molecule has 1 aromatic heterocycles. The second kappa shape index (κ2) is 6.08. The van der Waals surface area contributed by atoms with Crippen LogP contribution in [0.3, 0.4) is 0 Å². The molecule has 0 unspecified atom stereocenters. The first-order valence-corrected chi connectivity index (χ1v) is 6.35. The Kier molecular flexibility index (Phi) is 4.45. The van der Waals surface area contributed by atoms with Crippen LogP contribution in [0.4, 0.5) is 0 Å². The fourth-order valence-corrected chi connectivity index (χ4v) is 2.00. The molecule has 0 aliphatic rings. The zero-order valence-electron chi connectivity index (χ0n) is 10.5. The van der Waals surface area contributed by atoms with Crippen LogP contribution in [0, 0.1) is 6.92 Å². The Morgan fingerprint density at radius 2 is 2.21 bits per heavy atom. The predicted molar refractivity (Wildman–Crippen MR) is 74.7 cm³/mol. The Morgan fingerprint density at radius 1 is 1.42 bits per heavy atom. The van der Waals surface area contributed by atoms with E-state index in [1.807, 2.05) is 13.8 Å². The first-order chi connectivity index (χ1) is 9.08. The van der Waals surface area contributed by atoms with E-state index in [2.05, 4.69) is 10.3 Å². The van der Waals surface area contributed by atoms with Gasteiger partial charge in [0.05, 0.1) is 17.5 Å². The molecule has 0 amide bonds. The molecule has 0 N–H and O–H groups in total. The highest BCUT2D eigenvalue weighted by Gasteiger charge is 2.07. The topological polar surface area (TPSA) is 47.6 Å². The van der Waals surface area contributed by atoms with Crippen LogP contribution in [0.1, 0.15) is 23.8 Å². The Hall–Kier alpha value is -1.52. The SMILES string of the molecule is CC(=NOCc1ccc(Cl)cc1Cl)c1cnoc1C. The highest BCUT2D eigenvalue weighted by Crippen LogP contribution is 2.21. The first kappa shape index (κ1) is 13.9. The van der Waals surface area contributed by atoms with Gasteiger partial charge in [-0.3, -0.25) is 0 Å². The van der Waals surface area contributed by atoms with Crippen LogP contribution >= 0.6 is 23.2 Å². The van der Waals surface area contributed by atoms with Crippen molar-refractivity contribution in [2.24, 2.45) is 5.16 Å². The molecule has 0 atom stereocenters. The van der Waals surface area contributed by atoms with E-state index < -0.39 is 0 Å². The lowest BCUT2D eigenvalue weighted by atomic mass is 10.2. The van der Waals surface area contributed by atoms with Crippen LogP contribution < -0.4 is 0 Å². The molecule has 6 heteroatoms. The number of oxime groups is 1. The lowest BCUT2D eigenvalue weighted by Gasteiger charge is -2.04. The van der Waals surface area contributed by atoms with Crippen molar-refractivity contribution >= 4 is 28.9 Å². The highest BCUT2D eigenvalue weighted by molar-refractivity contribution is 6.35. The predicted octanol–water partition coefficient (Wildman–Crippen LogP) is 4.23. The Morgan fingerprint density at radius 3 is 2.84 bits per heavy atom. The maximum atomic E-state index is 6.03. The molecule has 0 saturated carbocycles. The molecule has 0 saturated heterocycles. The summed E-state index contributed by atoms with van der Waals surface area (Å²) in [6.07, 6.45) is 1.60. The zero-order chi connectivity index (χ0) is 13.8. The maximum Gasteiger partial charge on any atom is 0.143 e. The Balaban J connectivity index is 2.01. The van der Waals surface area contributed by atoms with Gasteiger partial charge in [0, 0.05) is 15.6 Å². The van der Waals surface area contributed by atoms with E-state index >= 15 is 0 Å². The zero-order valence-corrected chi connectivity index (χ0v) is 12.0. The maximum absolute atomic E-state index is 6.03. The van der Waals surface area contributed by atoms with Crippen LogP contribution in [0.2, 0.25) is 10.0 Å². The molecule has 1 aromatic carbocycles. The fraction of sp³-hybridized carbons (Fsp3) is 0.231. The molecule has 2 rings (SSSR count). The van der Waals surface area contributed by atoms with Crippen molar-refractivity contribution in [1.29, 1.82) is 0 Å². The summed E-state index contributed by atoms with van der Waals surface area (Å²) in [6.45, 7) is 3.91. The van der Waals surface area contributed by atoms with Gasteiger partial charge in [0.25, 0.3) is 0 Å². The fourth-order valence-electron chi connectivity index (χ4n) is 1.53. The summed E-state index contributed by atoms with van der Waals surface area (Å²) < 4.78 is 4.96. The molecular formula is C13H12Cl2N2O2. The van der Waals surface area contributed by atoms with E-state index in [9.17, 15) is 0 Å². The second-order valence-electron chi connectivity index (χ2n) is 3.98. The van der Waals surface area contributed by atoms with E-state index in [0.717, 1.165) is 11.1 Å². The van der Waals surface area contributed by atoms with Gasteiger partial charge in [-0.1, -0.05) is 39.6 Å². The second-order valence-corrected chi connectivity index (χ2v) is 4.83. The Bertz CT molecular complexity index is 608. The third-order valence-corrected chi connectivity index (χ3v) is 3.16. The minimum atomic E-state index is 0.275. The van der Waals surface area contributed by atoms with E-state index in [-0.39, 0.29) is 6.61 Å². The normalized spacial score (nSPS) is 11.7. The van der Waals surface area contributed by atoms with Crippen LogP contribution in [0.25, 0.3) is 0 Å². The molecule has 0 aliphatic carbocycles. The number of nitrogens with zero attached hydrogens (tertiary/aromatic N) is 2. The van der Waals surface area contributed by atoms with Crippen molar-refractivity contribution in [2.45, 2.75) is 20.5 Å². The van der Waals surface area contributed by atoms with Gasteiger partial charge in [-0.2, -0.15) is 0 Å². The molecule has 0 aliphatic heterocycles. The van der Waals surface area contributed by atoms with Crippen molar-refractivity contribution in [2.75, 3.05) is 0 Å². The van der Waals surface area contributed by atoms with E-state index in [1.165, 1.54) is 0 Å². The van der Waals surface area contributed by atoms with Gasteiger partial charge in [0.1, 0.15) is 12.4 Å². The summed E-state index contributed by atoms with van der Waals surface area (Å²) in [6, 6.07) is 5.23. The summed E-state index contributed by atoms with van der Waals surface area (Å²) in [5.41, 5.74) is 2.34. The van der Waals surface area contributed by atoms with Crippen molar-refractivity contribution in [1.82, 2.24) is 5.16 Å². The molecule has 4 nitrogen and oxygen atoms in total. The van der Waals surface area contributed by atoms with Crippen LogP contribution in [0.15, 0.2) is 34.1 Å². The lowest BCUT2D eigenvalue weighted by Crippen LogP contribution is -1.97. The molecule has 2 aromatic rings. The van der Waals surface area contributed by atoms with E-state index in [1.54, 1.807) is 24.4 Å². The summed E-state index contributed by atoms with van der Waals surface area (Å²) in [5.74, 6) is 0.703. The first-order valence-electron chi connectivity index (χ1n) is 5.60. The van der Waals surface area contributed by atoms with Crippen molar-refractivity contribution < 1.29 is 9.36 Å². The minimum Gasteiger partial charge on any atom is -0.391 e. The van der Waals surface area contributed by atoms with Crippen molar-refractivity contribution in [3.63, 3.8) is 0 Å². The van der Waals surface area contributed by atoms with Gasteiger partial charge in [-0.15, -0.1) is 0 Å². The van der Waals surface area contributed by atoms with E-state index in [0.29, 0.717) is 21.5 Å². The van der Waals surface area contributed by atoms with Crippen LogP contribution in [-0.2, 0) is 11.4 Å². The Labute approximate surface area is 120 Å². The summed E-state index contributed by atoms with van der Waals surface area (Å²) in [7, 11) is 0. The third-order valence-electron chi connectivity index (χ3n) is 2.58. The van der Waals surface area contributed by atoms with Gasteiger partial charge in [-0.25, -0.2) is 0 Å². The average Bonchev–Trinajstić information content (AvgIpc) is 2.78. The number of hydrogen-bond donors (Lipinski definition) is 0. The van der Waals surface area contributed by atoms with E-state index in [4.69, 9.17) is 32.6 Å². The third kappa shape index (κ3) is 3.49. The number of benzene rings is 1. The minimum absolute atomic E-state index is 0.275. The standard InChI is InChI=1S/C13H12Cl2N2O2/c1-8(12-6-16-19-9(12)2)17-18-7-10-3-4-11(14)5-13(10)15/h3-6H,7H2,1-2H3. The number of rotatable bonds is 4. The summed E-state index contributed by atoms with van der Waals surface area (Å²) in [4.78, 5) is 5.27. The number of aryl methyl sites for hydroxylation is 1. The number of hydrogen-bond acceptors (Lipinski definition) is 4. The molecule has 100 valence electrons. The number of halogens is 2. The molecule has 1 heterocycles. The molecule has 19 heavy (non-hydrogen) atoms. The summed E-state index contributed by atoms with van der Waals surface area (Å²) in [5, 5.41) is 8.85. The summed E-state index contributed by atoms with van der Waals surface area (Å²) >= 11 is 11.8. The quantitative estimate of drug-likeness (QED) is 0.627. The molecular weight excluding hydrogens is 287 g/mol. The lowest BCUT2D eigenvalue weighted by molar-refractivity contribution is 0.130. The van der Waals surface area contributed by atoms with Gasteiger partial charge >= 0.3 is 0 Å². The number of aromatic nitrogens is 1.